The van der Waals surface area contributed by atoms with Gasteiger partial charge in [-0.3, -0.25) is 0 Å². The summed E-state index contributed by atoms with van der Waals surface area (Å²) in [5.74, 6) is 0. The number of nitrogens with one attached hydrogen (secondary N) is 1. The van der Waals surface area contributed by atoms with E-state index in [2.05, 4.69) is 33.0 Å². The van der Waals surface area contributed by atoms with Gasteiger partial charge in [-0.15, -0.1) is 0 Å². The lowest BCUT2D eigenvalue weighted by atomic mass is 9.84. The van der Waals surface area contributed by atoms with Crippen LogP contribution in [0, 0.1) is 0 Å². The average molecular weight is 229 g/mol. The SMILES string of the molecule is CCCOC1C(NC)CC1OC(C)(C)CC. The van der Waals surface area contributed by atoms with Crippen LogP contribution in [0.25, 0.3) is 0 Å². The van der Waals surface area contributed by atoms with Gasteiger partial charge in [-0.05, 0) is 40.2 Å². The molecule has 3 unspecified atom stereocenters. The van der Waals surface area contributed by atoms with Gasteiger partial charge in [0.2, 0.25) is 0 Å². The fourth-order valence-electron chi connectivity index (χ4n) is 1.95. The summed E-state index contributed by atoms with van der Waals surface area (Å²) in [7, 11) is 1.99. The minimum Gasteiger partial charge on any atom is -0.374 e. The van der Waals surface area contributed by atoms with Gasteiger partial charge in [0.15, 0.2) is 0 Å². The van der Waals surface area contributed by atoms with Crippen LogP contribution in [0.2, 0.25) is 0 Å². The summed E-state index contributed by atoms with van der Waals surface area (Å²) >= 11 is 0. The maximum absolute atomic E-state index is 6.10. The Balaban J connectivity index is 2.42. The van der Waals surface area contributed by atoms with Crippen molar-refractivity contribution in [3.8, 4) is 0 Å². The second-order valence-electron chi connectivity index (χ2n) is 5.24. The van der Waals surface area contributed by atoms with Crippen LogP contribution in [0.15, 0.2) is 0 Å². The van der Waals surface area contributed by atoms with Crippen molar-refractivity contribution < 1.29 is 9.47 Å². The molecule has 0 radical (unpaired) electrons. The molecule has 0 spiro atoms. The highest BCUT2D eigenvalue weighted by atomic mass is 16.6. The van der Waals surface area contributed by atoms with E-state index in [0.29, 0.717) is 6.04 Å². The molecule has 0 bridgehead atoms. The van der Waals surface area contributed by atoms with Crippen molar-refractivity contribution >= 4 is 0 Å². The van der Waals surface area contributed by atoms with Gasteiger partial charge >= 0.3 is 0 Å². The fourth-order valence-corrected chi connectivity index (χ4v) is 1.95. The van der Waals surface area contributed by atoms with E-state index in [1.165, 1.54) is 0 Å². The third-order valence-electron chi connectivity index (χ3n) is 3.46. The molecule has 0 aromatic rings. The highest BCUT2D eigenvalue weighted by Crippen LogP contribution is 2.31. The fraction of sp³-hybridized carbons (Fsp3) is 1.00. The zero-order chi connectivity index (χ0) is 12.2. The first kappa shape index (κ1) is 13.9. The lowest BCUT2D eigenvalue weighted by Gasteiger charge is -2.46. The normalized spacial score (nSPS) is 30.2. The van der Waals surface area contributed by atoms with Crippen LogP contribution in [0.4, 0.5) is 0 Å². The maximum Gasteiger partial charge on any atom is 0.0990 e. The first-order valence-electron chi connectivity index (χ1n) is 6.50. The number of hydrogen-bond donors (Lipinski definition) is 1. The molecule has 1 N–H and O–H groups in total. The number of hydrogen-bond acceptors (Lipinski definition) is 3. The topological polar surface area (TPSA) is 30.5 Å². The standard InChI is InChI=1S/C13H27NO2/c1-6-8-15-12-10(14-5)9-11(12)16-13(3,4)7-2/h10-12,14H,6-9H2,1-5H3. The van der Waals surface area contributed by atoms with E-state index in [9.17, 15) is 0 Å². The van der Waals surface area contributed by atoms with Crippen molar-refractivity contribution in [2.75, 3.05) is 13.7 Å². The van der Waals surface area contributed by atoms with E-state index in [1.807, 2.05) is 7.05 Å². The molecule has 0 amide bonds. The molecule has 3 atom stereocenters. The van der Waals surface area contributed by atoms with E-state index < -0.39 is 0 Å². The molecule has 1 aliphatic carbocycles. The van der Waals surface area contributed by atoms with E-state index in [4.69, 9.17) is 9.47 Å². The molecular formula is C13H27NO2. The van der Waals surface area contributed by atoms with Gasteiger partial charge in [-0.25, -0.2) is 0 Å². The van der Waals surface area contributed by atoms with Gasteiger partial charge in [-0.1, -0.05) is 13.8 Å². The first-order chi connectivity index (χ1) is 7.54. The quantitative estimate of drug-likeness (QED) is 0.727. The molecule has 0 heterocycles. The van der Waals surface area contributed by atoms with Crippen LogP contribution < -0.4 is 5.32 Å². The predicted octanol–water partition coefficient (Wildman–Crippen LogP) is 2.35. The van der Waals surface area contributed by atoms with Crippen molar-refractivity contribution in [2.45, 2.75) is 70.8 Å². The van der Waals surface area contributed by atoms with E-state index in [0.717, 1.165) is 25.9 Å². The molecule has 1 fully saturated rings. The summed E-state index contributed by atoms with van der Waals surface area (Å²) in [5, 5.41) is 3.29. The summed E-state index contributed by atoms with van der Waals surface area (Å²) in [4.78, 5) is 0. The van der Waals surface area contributed by atoms with Gasteiger partial charge in [0.1, 0.15) is 0 Å². The monoisotopic (exact) mass is 229 g/mol. The van der Waals surface area contributed by atoms with E-state index >= 15 is 0 Å². The molecule has 16 heavy (non-hydrogen) atoms. The lowest BCUT2D eigenvalue weighted by Crippen LogP contribution is -2.60. The van der Waals surface area contributed by atoms with Crippen molar-refractivity contribution in [1.29, 1.82) is 0 Å². The molecule has 3 nitrogen and oxygen atoms in total. The van der Waals surface area contributed by atoms with Crippen LogP contribution in [0.1, 0.15) is 47.0 Å². The van der Waals surface area contributed by atoms with Crippen LogP contribution in [-0.4, -0.2) is 37.5 Å². The van der Waals surface area contributed by atoms with E-state index in [1.54, 1.807) is 0 Å². The zero-order valence-electron chi connectivity index (χ0n) is 11.4. The minimum absolute atomic E-state index is 0.0306. The second-order valence-corrected chi connectivity index (χ2v) is 5.24. The molecule has 1 aliphatic rings. The Morgan fingerprint density at radius 1 is 1.31 bits per heavy atom. The third kappa shape index (κ3) is 3.44. The van der Waals surface area contributed by atoms with Crippen LogP contribution in [0.5, 0.6) is 0 Å². The smallest absolute Gasteiger partial charge is 0.0990 e. The molecule has 0 aliphatic heterocycles. The largest absolute Gasteiger partial charge is 0.374 e. The van der Waals surface area contributed by atoms with Crippen LogP contribution in [0.3, 0.4) is 0 Å². The molecule has 1 rings (SSSR count). The number of rotatable bonds is 7. The Morgan fingerprint density at radius 3 is 2.50 bits per heavy atom. The third-order valence-corrected chi connectivity index (χ3v) is 3.46. The number of ether oxygens (including phenoxy) is 2. The Bertz CT molecular complexity index is 206. The molecular weight excluding hydrogens is 202 g/mol. The van der Waals surface area contributed by atoms with Gasteiger partial charge in [0.25, 0.3) is 0 Å². The van der Waals surface area contributed by atoms with Crippen LogP contribution >= 0.6 is 0 Å². The predicted molar refractivity (Wildman–Crippen MR) is 66.7 cm³/mol. The first-order valence-corrected chi connectivity index (χ1v) is 6.50. The maximum atomic E-state index is 6.10. The van der Waals surface area contributed by atoms with Gasteiger partial charge < -0.3 is 14.8 Å². The highest BCUT2D eigenvalue weighted by molar-refractivity contribution is 4.97. The minimum atomic E-state index is -0.0306. The second kappa shape index (κ2) is 5.99. The lowest BCUT2D eigenvalue weighted by molar-refractivity contribution is -0.191. The van der Waals surface area contributed by atoms with Crippen LogP contribution in [-0.2, 0) is 9.47 Å². The zero-order valence-corrected chi connectivity index (χ0v) is 11.4. The summed E-state index contributed by atoms with van der Waals surface area (Å²) in [6, 6.07) is 0.462. The summed E-state index contributed by atoms with van der Waals surface area (Å²) < 4.78 is 11.9. The molecule has 1 saturated carbocycles. The average Bonchev–Trinajstić information content (AvgIpc) is 2.24. The van der Waals surface area contributed by atoms with Gasteiger partial charge in [0, 0.05) is 12.6 Å². The Kier molecular flexibility index (Phi) is 5.22. The summed E-state index contributed by atoms with van der Waals surface area (Å²) in [6.07, 6.45) is 3.66. The summed E-state index contributed by atoms with van der Waals surface area (Å²) in [6.45, 7) is 9.43. The van der Waals surface area contributed by atoms with Crippen molar-refractivity contribution in [3.05, 3.63) is 0 Å². The van der Waals surface area contributed by atoms with E-state index in [-0.39, 0.29) is 17.8 Å². The van der Waals surface area contributed by atoms with Gasteiger partial charge in [-0.2, -0.15) is 0 Å². The molecule has 0 aromatic carbocycles. The molecule has 3 heteroatoms. The van der Waals surface area contributed by atoms with Crippen molar-refractivity contribution in [1.82, 2.24) is 5.32 Å². The van der Waals surface area contributed by atoms with Crippen molar-refractivity contribution in [3.63, 3.8) is 0 Å². The summed E-state index contributed by atoms with van der Waals surface area (Å²) in [5.41, 5.74) is -0.0306. The Labute approximate surface area is 99.9 Å². The molecule has 0 aromatic heterocycles. The number of likely N-dealkylation sites (N-methyl/N-ethyl adjacent to an activating group) is 1. The Morgan fingerprint density at radius 2 is 2.00 bits per heavy atom. The molecule has 0 saturated heterocycles. The molecule has 96 valence electrons. The van der Waals surface area contributed by atoms with Gasteiger partial charge in [0.05, 0.1) is 17.8 Å². The van der Waals surface area contributed by atoms with Crippen molar-refractivity contribution in [2.24, 2.45) is 0 Å². The Hall–Kier alpha value is -0.120. The highest BCUT2D eigenvalue weighted by Gasteiger charge is 2.44.